The van der Waals surface area contributed by atoms with Gasteiger partial charge in [-0.1, -0.05) is 147 Å². The number of benzene rings is 9. The Labute approximate surface area is 341 Å². The maximum absolute atomic E-state index is 2.53. The standard InChI is InChI=1S/C55H38N2S/c1-55(2)47-23-11-8-18-40(47)41-29-28-37(34-48(41)55)57(52-25-14-22-45-44-21-10-13-26-53(44)58-54(45)52)50-32-30-38(39-17-6-7-19-42(39)50)35-27-31-51-46(33-35)43-20-9-12-24-49(43)56(51)36-15-4-3-5-16-36/h3-34H,1-2H3. The van der Waals surface area contributed by atoms with Crippen LogP contribution in [0.5, 0.6) is 0 Å². The van der Waals surface area contributed by atoms with Crippen molar-refractivity contribution >= 4 is 81.1 Å². The molecular weight excluding hydrogens is 721 g/mol. The molecule has 3 heteroatoms. The summed E-state index contributed by atoms with van der Waals surface area (Å²) in [6, 6.07) is 71.9. The predicted octanol–water partition coefficient (Wildman–Crippen LogP) is 15.7. The van der Waals surface area contributed by atoms with Crippen LogP contribution in [-0.4, -0.2) is 4.57 Å². The van der Waals surface area contributed by atoms with Crippen LogP contribution < -0.4 is 4.90 Å². The highest BCUT2D eigenvalue weighted by Gasteiger charge is 2.36. The average Bonchev–Trinajstić information content (AvgIpc) is 3.90. The highest BCUT2D eigenvalue weighted by molar-refractivity contribution is 7.26. The molecule has 9 aromatic carbocycles. The van der Waals surface area contributed by atoms with E-state index in [1.54, 1.807) is 0 Å². The SMILES string of the molecule is CC1(C)c2ccccc2-c2ccc(N(c3ccc(-c4ccc5c(c4)c4ccccc4n5-c4ccccc4)c4ccccc34)c3cccc4c3sc3ccccc34)cc21. The Morgan fingerprint density at radius 1 is 0.431 bits per heavy atom. The molecule has 0 atom stereocenters. The van der Waals surface area contributed by atoms with Gasteiger partial charge in [-0.25, -0.2) is 0 Å². The first-order valence-electron chi connectivity index (χ1n) is 20.1. The van der Waals surface area contributed by atoms with Crippen LogP contribution >= 0.6 is 11.3 Å². The van der Waals surface area contributed by atoms with Crippen LogP contribution in [0.1, 0.15) is 25.0 Å². The molecule has 274 valence electrons. The lowest BCUT2D eigenvalue weighted by Crippen LogP contribution is -2.16. The average molecular weight is 759 g/mol. The third kappa shape index (κ3) is 4.77. The summed E-state index contributed by atoms with van der Waals surface area (Å²) in [4.78, 5) is 2.53. The minimum Gasteiger partial charge on any atom is -0.309 e. The van der Waals surface area contributed by atoms with Gasteiger partial charge in [0.15, 0.2) is 0 Å². The maximum Gasteiger partial charge on any atom is 0.0640 e. The third-order valence-corrected chi connectivity index (χ3v) is 13.8. The molecule has 0 saturated heterocycles. The molecule has 2 aromatic heterocycles. The Hall–Kier alpha value is -6.94. The Morgan fingerprint density at radius 3 is 1.98 bits per heavy atom. The number of fused-ring (bicyclic) bond motifs is 10. The maximum atomic E-state index is 2.53. The van der Waals surface area contributed by atoms with E-state index in [4.69, 9.17) is 0 Å². The van der Waals surface area contributed by atoms with E-state index in [1.165, 1.54) is 103 Å². The summed E-state index contributed by atoms with van der Waals surface area (Å²) < 4.78 is 4.98. The van der Waals surface area contributed by atoms with E-state index >= 15 is 0 Å². The molecule has 0 fully saturated rings. The zero-order chi connectivity index (χ0) is 38.5. The van der Waals surface area contributed by atoms with Gasteiger partial charge in [-0.05, 0) is 99.4 Å². The zero-order valence-electron chi connectivity index (χ0n) is 32.3. The Kier molecular flexibility index (Phi) is 7.18. The molecule has 0 radical (unpaired) electrons. The van der Waals surface area contributed by atoms with Gasteiger partial charge < -0.3 is 9.47 Å². The fourth-order valence-corrected chi connectivity index (χ4v) is 11.1. The summed E-state index contributed by atoms with van der Waals surface area (Å²) in [5, 5.41) is 7.56. The zero-order valence-corrected chi connectivity index (χ0v) is 33.1. The summed E-state index contributed by atoms with van der Waals surface area (Å²) in [5.41, 5.74) is 14.9. The van der Waals surface area contributed by atoms with Crippen molar-refractivity contribution < 1.29 is 0 Å². The van der Waals surface area contributed by atoms with Crippen LogP contribution in [0.3, 0.4) is 0 Å². The molecule has 11 aromatic rings. The van der Waals surface area contributed by atoms with E-state index in [9.17, 15) is 0 Å². The van der Waals surface area contributed by atoms with Crippen molar-refractivity contribution in [3.63, 3.8) is 0 Å². The number of thiophene rings is 1. The van der Waals surface area contributed by atoms with Gasteiger partial charge in [-0.2, -0.15) is 0 Å². The normalized spacial score (nSPS) is 13.1. The van der Waals surface area contributed by atoms with Crippen LogP contribution in [0.15, 0.2) is 194 Å². The first-order chi connectivity index (χ1) is 28.5. The van der Waals surface area contributed by atoms with Gasteiger partial charge in [-0.3, -0.25) is 0 Å². The van der Waals surface area contributed by atoms with Crippen molar-refractivity contribution in [2.24, 2.45) is 0 Å². The van der Waals surface area contributed by atoms with Crippen molar-refractivity contribution in [3.8, 4) is 27.9 Å². The molecule has 0 amide bonds. The highest BCUT2D eigenvalue weighted by atomic mass is 32.1. The third-order valence-electron chi connectivity index (χ3n) is 12.6. The number of anilines is 3. The molecule has 0 bridgehead atoms. The molecule has 0 N–H and O–H groups in total. The van der Waals surface area contributed by atoms with E-state index in [0.717, 1.165) is 5.69 Å². The first-order valence-corrected chi connectivity index (χ1v) is 20.9. The van der Waals surface area contributed by atoms with Gasteiger partial charge in [0.05, 0.1) is 27.1 Å². The predicted molar refractivity (Wildman–Crippen MR) is 249 cm³/mol. The van der Waals surface area contributed by atoms with Crippen molar-refractivity contribution in [2.75, 3.05) is 4.90 Å². The minimum absolute atomic E-state index is 0.120. The summed E-state index contributed by atoms with van der Waals surface area (Å²) in [6.45, 7) is 4.74. The molecule has 58 heavy (non-hydrogen) atoms. The second-order valence-electron chi connectivity index (χ2n) is 16.1. The second-order valence-corrected chi connectivity index (χ2v) is 17.1. The molecule has 0 aliphatic heterocycles. The van der Waals surface area contributed by atoms with Crippen molar-refractivity contribution in [2.45, 2.75) is 19.3 Å². The minimum atomic E-state index is -0.120. The fourth-order valence-electron chi connectivity index (χ4n) is 9.87. The molecule has 2 nitrogen and oxygen atoms in total. The summed E-state index contributed by atoms with van der Waals surface area (Å²) >= 11 is 1.89. The van der Waals surface area contributed by atoms with Crippen LogP contribution in [0.2, 0.25) is 0 Å². The van der Waals surface area contributed by atoms with Crippen molar-refractivity contribution in [3.05, 3.63) is 205 Å². The van der Waals surface area contributed by atoms with E-state index in [2.05, 4.69) is 217 Å². The summed E-state index contributed by atoms with van der Waals surface area (Å²) in [6.07, 6.45) is 0. The lowest BCUT2D eigenvalue weighted by Gasteiger charge is -2.30. The lowest BCUT2D eigenvalue weighted by atomic mass is 9.82. The van der Waals surface area contributed by atoms with Crippen molar-refractivity contribution in [1.29, 1.82) is 0 Å². The van der Waals surface area contributed by atoms with Gasteiger partial charge in [0.1, 0.15) is 0 Å². The van der Waals surface area contributed by atoms with Crippen LogP contribution in [0.4, 0.5) is 17.1 Å². The van der Waals surface area contributed by atoms with E-state index < -0.39 is 0 Å². The molecular formula is C55H38N2S. The lowest BCUT2D eigenvalue weighted by molar-refractivity contribution is 0.660. The number of rotatable bonds is 5. The van der Waals surface area contributed by atoms with Gasteiger partial charge in [0, 0.05) is 48.4 Å². The van der Waals surface area contributed by atoms with Gasteiger partial charge >= 0.3 is 0 Å². The largest absolute Gasteiger partial charge is 0.309 e. The monoisotopic (exact) mass is 758 g/mol. The number of aromatic nitrogens is 1. The number of nitrogens with zero attached hydrogens (tertiary/aromatic N) is 2. The quantitative estimate of drug-likeness (QED) is 0.170. The van der Waals surface area contributed by atoms with Crippen LogP contribution in [0, 0.1) is 0 Å². The van der Waals surface area contributed by atoms with E-state index in [1.807, 2.05) is 11.3 Å². The molecule has 2 heterocycles. The molecule has 0 unspecified atom stereocenters. The highest BCUT2D eigenvalue weighted by Crippen LogP contribution is 2.53. The molecule has 0 saturated carbocycles. The Balaban J connectivity index is 1.09. The van der Waals surface area contributed by atoms with Crippen LogP contribution in [0.25, 0.3) is 80.7 Å². The number of para-hydroxylation sites is 2. The van der Waals surface area contributed by atoms with Gasteiger partial charge in [0.25, 0.3) is 0 Å². The molecule has 1 aliphatic rings. The van der Waals surface area contributed by atoms with Gasteiger partial charge in [0.2, 0.25) is 0 Å². The smallest absolute Gasteiger partial charge is 0.0640 e. The molecule has 0 spiro atoms. The Morgan fingerprint density at radius 2 is 1.10 bits per heavy atom. The van der Waals surface area contributed by atoms with Crippen LogP contribution in [-0.2, 0) is 5.41 Å². The van der Waals surface area contributed by atoms with E-state index in [-0.39, 0.29) is 5.41 Å². The number of hydrogen-bond acceptors (Lipinski definition) is 2. The van der Waals surface area contributed by atoms with Gasteiger partial charge in [-0.15, -0.1) is 11.3 Å². The fraction of sp³-hybridized carbons (Fsp3) is 0.0545. The first kappa shape index (κ1) is 33.2. The van der Waals surface area contributed by atoms with Crippen molar-refractivity contribution in [1.82, 2.24) is 4.57 Å². The summed E-state index contributed by atoms with van der Waals surface area (Å²) in [7, 11) is 0. The number of hydrogen-bond donors (Lipinski definition) is 0. The van der Waals surface area contributed by atoms with E-state index in [0.29, 0.717) is 0 Å². The molecule has 1 aliphatic carbocycles. The summed E-state index contributed by atoms with van der Waals surface area (Å²) in [5.74, 6) is 0. The Bertz CT molecular complexity index is 3440. The molecule has 12 rings (SSSR count). The topological polar surface area (TPSA) is 8.17 Å². The second kappa shape index (κ2) is 12.5.